The Kier molecular flexibility index (Phi) is 4.06. The fraction of sp³-hybridized carbons (Fsp3) is 0.500. The molecule has 1 fully saturated rings. The van der Waals surface area contributed by atoms with Crippen molar-refractivity contribution in [2.75, 3.05) is 0 Å². The van der Waals surface area contributed by atoms with E-state index in [0.29, 0.717) is 17.6 Å². The maximum Gasteiger partial charge on any atom is 0.120 e. The summed E-state index contributed by atoms with van der Waals surface area (Å²) in [4.78, 5) is 0. The second-order valence-electron chi connectivity index (χ2n) is 4.67. The molecule has 1 aliphatic rings. The van der Waals surface area contributed by atoms with Gasteiger partial charge in [-0.05, 0) is 59.3 Å². The Morgan fingerprint density at radius 1 is 1.35 bits per heavy atom. The van der Waals surface area contributed by atoms with Crippen LogP contribution in [0.25, 0.3) is 0 Å². The Labute approximate surface area is 111 Å². The molecule has 90 valence electrons. The second-order valence-corrected chi connectivity index (χ2v) is 5.53. The maximum absolute atomic E-state index is 8.85. The minimum absolute atomic E-state index is 0.323. The highest BCUT2D eigenvalue weighted by atomic mass is 79.9. The molecule has 0 N–H and O–H groups in total. The Bertz CT molecular complexity index is 438. The van der Waals surface area contributed by atoms with E-state index in [4.69, 9.17) is 10.00 Å². The third kappa shape index (κ3) is 3.01. The fourth-order valence-corrected chi connectivity index (χ4v) is 2.74. The molecule has 1 saturated carbocycles. The van der Waals surface area contributed by atoms with Gasteiger partial charge in [-0.3, -0.25) is 0 Å². The standard InChI is InChI=1S/C14H16BrNO/c1-10-4-2-3-5-14(10)17-12-7-6-11(9-16)13(15)8-12/h6-8,10,14H,2-5H2,1H3. The topological polar surface area (TPSA) is 33.0 Å². The second kappa shape index (κ2) is 5.55. The van der Waals surface area contributed by atoms with Gasteiger partial charge in [0.15, 0.2) is 0 Å². The van der Waals surface area contributed by atoms with Crippen LogP contribution in [0, 0.1) is 17.2 Å². The molecule has 0 bridgehead atoms. The van der Waals surface area contributed by atoms with E-state index in [2.05, 4.69) is 28.9 Å². The fourth-order valence-electron chi connectivity index (χ4n) is 2.29. The quantitative estimate of drug-likeness (QED) is 0.815. The van der Waals surface area contributed by atoms with E-state index in [1.54, 1.807) is 6.07 Å². The number of benzene rings is 1. The first kappa shape index (κ1) is 12.4. The summed E-state index contributed by atoms with van der Waals surface area (Å²) in [6.45, 7) is 2.25. The molecule has 0 amide bonds. The van der Waals surface area contributed by atoms with Crippen LogP contribution in [0.4, 0.5) is 0 Å². The Morgan fingerprint density at radius 3 is 2.76 bits per heavy atom. The summed E-state index contributed by atoms with van der Waals surface area (Å²) in [5, 5.41) is 8.85. The van der Waals surface area contributed by atoms with Gasteiger partial charge in [0.2, 0.25) is 0 Å². The summed E-state index contributed by atoms with van der Waals surface area (Å²) in [5.41, 5.74) is 0.647. The molecule has 1 aromatic carbocycles. The Morgan fingerprint density at radius 2 is 2.12 bits per heavy atom. The molecular weight excluding hydrogens is 278 g/mol. The first-order valence-corrected chi connectivity index (χ1v) is 6.86. The summed E-state index contributed by atoms with van der Waals surface area (Å²) in [7, 11) is 0. The van der Waals surface area contributed by atoms with E-state index < -0.39 is 0 Å². The predicted octanol–water partition coefficient (Wildman–Crippen LogP) is 4.28. The molecule has 2 atom stereocenters. The highest BCUT2D eigenvalue weighted by molar-refractivity contribution is 9.10. The molecule has 1 aliphatic carbocycles. The highest BCUT2D eigenvalue weighted by Crippen LogP contribution is 2.30. The number of nitriles is 1. The van der Waals surface area contributed by atoms with Crippen molar-refractivity contribution in [3.05, 3.63) is 28.2 Å². The number of halogens is 1. The van der Waals surface area contributed by atoms with E-state index >= 15 is 0 Å². The zero-order valence-corrected chi connectivity index (χ0v) is 11.5. The van der Waals surface area contributed by atoms with Crippen molar-refractivity contribution in [3.63, 3.8) is 0 Å². The van der Waals surface area contributed by atoms with Gasteiger partial charge >= 0.3 is 0 Å². The van der Waals surface area contributed by atoms with E-state index in [0.717, 1.165) is 16.6 Å². The van der Waals surface area contributed by atoms with Crippen LogP contribution < -0.4 is 4.74 Å². The molecule has 2 nitrogen and oxygen atoms in total. The monoisotopic (exact) mass is 293 g/mol. The van der Waals surface area contributed by atoms with Crippen molar-refractivity contribution in [1.29, 1.82) is 5.26 Å². The SMILES string of the molecule is CC1CCCCC1Oc1ccc(C#N)c(Br)c1. The smallest absolute Gasteiger partial charge is 0.120 e. The summed E-state index contributed by atoms with van der Waals surface area (Å²) < 4.78 is 6.81. The largest absolute Gasteiger partial charge is 0.490 e. The van der Waals surface area contributed by atoms with Crippen LogP contribution in [0.5, 0.6) is 5.75 Å². The lowest BCUT2D eigenvalue weighted by molar-refractivity contribution is 0.102. The summed E-state index contributed by atoms with van der Waals surface area (Å²) in [5.74, 6) is 1.48. The molecule has 2 unspecified atom stereocenters. The normalized spacial score (nSPS) is 24.1. The molecule has 0 saturated heterocycles. The predicted molar refractivity (Wildman–Crippen MR) is 70.9 cm³/mol. The van der Waals surface area contributed by atoms with Crippen LogP contribution >= 0.6 is 15.9 Å². The van der Waals surface area contributed by atoms with Crippen molar-refractivity contribution < 1.29 is 4.74 Å². The van der Waals surface area contributed by atoms with Gasteiger partial charge in [0, 0.05) is 4.47 Å². The van der Waals surface area contributed by atoms with E-state index in [-0.39, 0.29) is 0 Å². The van der Waals surface area contributed by atoms with Crippen LogP contribution in [0.15, 0.2) is 22.7 Å². The van der Waals surface area contributed by atoms with Gasteiger partial charge in [-0.15, -0.1) is 0 Å². The average molecular weight is 294 g/mol. The van der Waals surface area contributed by atoms with Gasteiger partial charge in [-0.25, -0.2) is 0 Å². The van der Waals surface area contributed by atoms with Crippen molar-refractivity contribution in [2.24, 2.45) is 5.92 Å². The molecule has 0 aliphatic heterocycles. The van der Waals surface area contributed by atoms with Gasteiger partial charge in [0.25, 0.3) is 0 Å². The molecule has 0 radical (unpaired) electrons. The van der Waals surface area contributed by atoms with Crippen LogP contribution in [0.3, 0.4) is 0 Å². The molecule has 0 aromatic heterocycles. The molecule has 2 rings (SSSR count). The molecular formula is C14H16BrNO. The Balaban J connectivity index is 2.08. The number of hydrogen-bond acceptors (Lipinski definition) is 2. The highest BCUT2D eigenvalue weighted by Gasteiger charge is 2.22. The number of rotatable bonds is 2. The minimum atomic E-state index is 0.323. The molecule has 3 heteroatoms. The van der Waals surface area contributed by atoms with E-state index in [9.17, 15) is 0 Å². The van der Waals surface area contributed by atoms with Gasteiger partial charge < -0.3 is 4.74 Å². The average Bonchev–Trinajstić information content (AvgIpc) is 2.32. The van der Waals surface area contributed by atoms with Gasteiger partial charge in [0.1, 0.15) is 17.9 Å². The van der Waals surface area contributed by atoms with Gasteiger partial charge in [-0.2, -0.15) is 5.26 Å². The summed E-state index contributed by atoms with van der Waals surface area (Å²) >= 11 is 3.38. The minimum Gasteiger partial charge on any atom is -0.490 e. The molecule has 0 heterocycles. The lowest BCUT2D eigenvalue weighted by atomic mass is 9.88. The van der Waals surface area contributed by atoms with Crippen LogP contribution in [-0.2, 0) is 0 Å². The van der Waals surface area contributed by atoms with E-state index in [1.165, 1.54) is 19.3 Å². The number of nitrogens with zero attached hydrogens (tertiary/aromatic N) is 1. The third-order valence-corrected chi connectivity index (χ3v) is 4.04. The Hall–Kier alpha value is -1.01. The summed E-state index contributed by atoms with van der Waals surface area (Å²) in [6, 6.07) is 7.70. The van der Waals surface area contributed by atoms with Crippen molar-refractivity contribution in [3.8, 4) is 11.8 Å². The zero-order chi connectivity index (χ0) is 12.3. The maximum atomic E-state index is 8.85. The lowest BCUT2D eigenvalue weighted by Gasteiger charge is -2.29. The first-order chi connectivity index (χ1) is 8.20. The first-order valence-electron chi connectivity index (χ1n) is 6.07. The molecule has 1 aromatic rings. The van der Waals surface area contributed by atoms with Crippen LogP contribution in [-0.4, -0.2) is 6.10 Å². The number of hydrogen-bond donors (Lipinski definition) is 0. The third-order valence-electron chi connectivity index (χ3n) is 3.38. The van der Waals surface area contributed by atoms with Gasteiger partial charge in [0.05, 0.1) is 5.56 Å². The summed E-state index contributed by atoms with van der Waals surface area (Å²) in [6.07, 6.45) is 5.29. The van der Waals surface area contributed by atoms with E-state index in [1.807, 2.05) is 12.1 Å². The molecule has 17 heavy (non-hydrogen) atoms. The van der Waals surface area contributed by atoms with Gasteiger partial charge in [-0.1, -0.05) is 13.3 Å². The zero-order valence-electron chi connectivity index (χ0n) is 9.95. The van der Waals surface area contributed by atoms with Crippen molar-refractivity contribution >= 4 is 15.9 Å². The van der Waals surface area contributed by atoms with Crippen molar-refractivity contribution in [2.45, 2.75) is 38.7 Å². The van der Waals surface area contributed by atoms with Crippen LogP contribution in [0.1, 0.15) is 38.2 Å². The van der Waals surface area contributed by atoms with Crippen molar-refractivity contribution in [1.82, 2.24) is 0 Å². The van der Waals surface area contributed by atoms with Crippen LogP contribution in [0.2, 0.25) is 0 Å². The molecule has 0 spiro atoms. The number of ether oxygens (including phenoxy) is 1. The lowest BCUT2D eigenvalue weighted by Crippen LogP contribution is -2.28.